The fraction of sp³-hybridized carbons (Fsp3) is 0.619. The number of fused-ring (bicyclic) bond motifs is 2. The molecule has 1 saturated heterocycles. The van der Waals surface area contributed by atoms with Crippen LogP contribution < -0.4 is 5.32 Å². The van der Waals surface area contributed by atoms with Crippen molar-refractivity contribution in [3.63, 3.8) is 0 Å². The monoisotopic (exact) mass is 377 g/mol. The van der Waals surface area contributed by atoms with Crippen LogP contribution in [0.15, 0.2) is 33.1 Å². The lowest BCUT2D eigenvalue weighted by Gasteiger charge is -2.44. The molecule has 2 atom stereocenters. The summed E-state index contributed by atoms with van der Waals surface area (Å²) in [6.07, 6.45) is 3.71. The molecule has 3 rings (SSSR count). The summed E-state index contributed by atoms with van der Waals surface area (Å²) in [5.74, 6) is 3.69. The fourth-order valence-electron chi connectivity index (χ4n) is 4.51. The first kappa shape index (κ1) is 19.6. The van der Waals surface area contributed by atoms with Gasteiger partial charge in [0.2, 0.25) is 0 Å². The molecule has 1 fully saturated rings. The van der Waals surface area contributed by atoms with Crippen LogP contribution in [-0.2, 0) is 0 Å². The first-order chi connectivity index (χ1) is 12.5. The Morgan fingerprint density at radius 1 is 1.38 bits per heavy atom. The van der Waals surface area contributed by atoms with E-state index in [0.717, 1.165) is 23.9 Å². The number of hydrogen-bond donors (Lipinski definition) is 1. The van der Waals surface area contributed by atoms with Crippen LogP contribution in [0, 0.1) is 17.7 Å². The van der Waals surface area contributed by atoms with Crippen molar-refractivity contribution in [3.8, 4) is 0 Å². The molecule has 1 aromatic carbocycles. The third kappa shape index (κ3) is 3.89. The molecule has 2 aliphatic rings. The summed E-state index contributed by atoms with van der Waals surface area (Å²) in [7, 11) is 0.890. The maximum absolute atomic E-state index is 13.5. The van der Waals surface area contributed by atoms with E-state index in [1.165, 1.54) is 35.7 Å². The first-order valence-corrected chi connectivity index (χ1v) is 11.8. The molecule has 0 aliphatic carbocycles. The van der Waals surface area contributed by atoms with Crippen molar-refractivity contribution in [3.05, 3.63) is 24.0 Å². The zero-order valence-electron chi connectivity index (χ0n) is 16.5. The maximum Gasteiger partial charge on any atom is 0.125 e. The van der Waals surface area contributed by atoms with Gasteiger partial charge < -0.3 is 5.32 Å². The highest BCUT2D eigenvalue weighted by atomic mass is 32.3. The molecule has 2 aliphatic heterocycles. The minimum Gasteiger partial charge on any atom is -0.309 e. The second-order valence-electron chi connectivity index (χ2n) is 7.74. The van der Waals surface area contributed by atoms with Gasteiger partial charge in [0.1, 0.15) is 5.82 Å². The normalized spacial score (nSPS) is 30.0. The second-order valence-corrected chi connectivity index (χ2v) is 11.1. The molecule has 26 heavy (non-hydrogen) atoms. The summed E-state index contributed by atoms with van der Waals surface area (Å²) < 4.78 is 13.5. The molecule has 3 nitrogen and oxygen atoms in total. The first-order valence-electron chi connectivity index (χ1n) is 9.77. The number of rotatable bonds is 6. The van der Waals surface area contributed by atoms with Crippen LogP contribution in [0.4, 0.5) is 10.1 Å². The number of nitrogens with zero attached hydrogens (tertiary/aromatic N) is 2. The van der Waals surface area contributed by atoms with Crippen molar-refractivity contribution >= 4 is 27.0 Å². The molecular weight excluding hydrogens is 345 g/mol. The third-order valence-corrected chi connectivity index (χ3v) is 9.90. The molecule has 0 aromatic heterocycles. The molecule has 1 N–H and O–H groups in total. The number of halogens is 1. The largest absolute Gasteiger partial charge is 0.309 e. The summed E-state index contributed by atoms with van der Waals surface area (Å²) >= 11 is 0. The molecule has 1 spiro atoms. The van der Waals surface area contributed by atoms with Crippen molar-refractivity contribution in [2.75, 3.05) is 25.1 Å². The van der Waals surface area contributed by atoms with Gasteiger partial charge in [-0.1, -0.05) is 13.3 Å². The number of nitrogens with one attached hydrogen (secondary N) is 1. The summed E-state index contributed by atoms with van der Waals surface area (Å²) in [4.78, 5) is 10.1. The van der Waals surface area contributed by atoms with Crippen molar-refractivity contribution < 1.29 is 4.39 Å². The van der Waals surface area contributed by atoms with Gasteiger partial charge in [-0.05, 0) is 62.2 Å². The zero-order chi connectivity index (χ0) is 18.7. The van der Waals surface area contributed by atoms with Crippen molar-refractivity contribution in [1.29, 1.82) is 0 Å². The van der Waals surface area contributed by atoms with Gasteiger partial charge in [0, 0.05) is 41.9 Å². The molecule has 144 valence electrons. The molecular formula is C21H32FN3S. The fourth-order valence-corrected chi connectivity index (χ4v) is 8.10. The number of hydrogen-bond acceptors (Lipinski definition) is 3. The Hall–Kier alpha value is -1.20. The van der Waals surface area contributed by atoms with Crippen LogP contribution in [0.5, 0.6) is 0 Å². The Labute approximate surface area is 158 Å². The SMILES string of the molecule is CCC(C1CCS2(C=Nc3cc(F)ccc32)CC1)C(C)NC/C(C)=N\C. The van der Waals surface area contributed by atoms with Gasteiger partial charge in [0.05, 0.1) is 5.69 Å². The van der Waals surface area contributed by atoms with Crippen molar-refractivity contribution in [2.24, 2.45) is 21.8 Å². The molecule has 5 heteroatoms. The Morgan fingerprint density at radius 2 is 2.12 bits per heavy atom. The molecule has 0 radical (unpaired) electrons. The smallest absolute Gasteiger partial charge is 0.125 e. The van der Waals surface area contributed by atoms with Gasteiger partial charge in [-0.3, -0.25) is 9.98 Å². The van der Waals surface area contributed by atoms with Gasteiger partial charge in [0.25, 0.3) is 0 Å². The number of aliphatic imine (C=N–C) groups is 2. The van der Waals surface area contributed by atoms with E-state index in [4.69, 9.17) is 0 Å². The van der Waals surface area contributed by atoms with Crippen LogP contribution in [0.2, 0.25) is 0 Å². The van der Waals surface area contributed by atoms with E-state index >= 15 is 0 Å². The van der Waals surface area contributed by atoms with Crippen LogP contribution >= 0.6 is 10.0 Å². The molecule has 0 amide bonds. The summed E-state index contributed by atoms with van der Waals surface area (Å²) in [5, 5.41) is 3.67. The van der Waals surface area contributed by atoms with Crippen molar-refractivity contribution in [1.82, 2.24) is 5.32 Å². The lowest BCUT2D eigenvalue weighted by atomic mass is 9.81. The van der Waals surface area contributed by atoms with Gasteiger partial charge >= 0.3 is 0 Å². The zero-order valence-corrected chi connectivity index (χ0v) is 17.3. The van der Waals surface area contributed by atoms with E-state index in [-0.39, 0.29) is 5.82 Å². The van der Waals surface area contributed by atoms with Gasteiger partial charge in [-0.2, -0.15) is 10.0 Å². The van der Waals surface area contributed by atoms with E-state index in [1.54, 1.807) is 12.1 Å². The molecule has 2 heterocycles. The highest BCUT2D eigenvalue weighted by Gasteiger charge is 2.38. The summed E-state index contributed by atoms with van der Waals surface area (Å²) in [6.45, 7) is 7.59. The Balaban J connectivity index is 1.64. The highest BCUT2D eigenvalue weighted by molar-refractivity contribution is 8.44. The summed E-state index contributed by atoms with van der Waals surface area (Å²) in [5.41, 5.74) is 4.21. The molecule has 0 saturated carbocycles. The lowest BCUT2D eigenvalue weighted by Crippen LogP contribution is -2.41. The van der Waals surface area contributed by atoms with E-state index in [1.807, 2.05) is 13.1 Å². The van der Waals surface area contributed by atoms with Crippen LogP contribution in [0.25, 0.3) is 0 Å². The predicted octanol–water partition coefficient (Wildman–Crippen LogP) is 5.17. The lowest BCUT2D eigenvalue weighted by molar-refractivity contribution is 0.241. The van der Waals surface area contributed by atoms with Gasteiger partial charge in [-0.15, -0.1) is 0 Å². The molecule has 0 bridgehead atoms. The van der Waals surface area contributed by atoms with Gasteiger partial charge in [-0.25, -0.2) is 4.39 Å². The Morgan fingerprint density at radius 3 is 2.77 bits per heavy atom. The average molecular weight is 378 g/mol. The molecule has 1 aromatic rings. The topological polar surface area (TPSA) is 36.8 Å². The summed E-state index contributed by atoms with van der Waals surface area (Å²) in [6, 6.07) is 5.69. The van der Waals surface area contributed by atoms with Crippen molar-refractivity contribution in [2.45, 2.75) is 51.0 Å². The third-order valence-electron chi connectivity index (χ3n) is 6.24. The average Bonchev–Trinajstić information content (AvgIpc) is 2.99. The minimum atomic E-state index is -0.966. The standard InChI is InChI=1S/C21H32FN3S/c1-5-19(16(3)24-13-15(2)23-4)17-8-10-26(11-9-17)14-25-20-12-18(22)6-7-21(20)26/h6-7,12,14,16-17,19,24H,5,8-11,13H2,1-4H3/b23-15-. The van der Waals surface area contributed by atoms with E-state index in [9.17, 15) is 4.39 Å². The predicted molar refractivity (Wildman–Crippen MR) is 113 cm³/mol. The van der Waals surface area contributed by atoms with E-state index < -0.39 is 10.0 Å². The maximum atomic E-state index is 13.5. The van der Waals surface area contributed by atoms with E-state index in [0.29, 0.717) is 12.0 Å². The highest BCUT2D eigenvalue weighted by Crippen LogP contribution is 2.64. The van der Waals surface area contributed by atoms with Crippen LogP contribution in [-0.4, -0.2) is 42.4 Å². The van der Waals surface area contributed by atoms with Crippen LogP contribution in [0.1, 0.15) is 40.0 Å². The molecule has 2 unspecified atom stereocenters. The second kappa shape index (κ2) is 8.22. The Kier molecular flexibility index (Phi) is 6.18. The number of benzene rings is 1. The van der Waals surface area contributed by atoms with E-state index in [2.05, 4.69) is 41.6 Å². The Bertz CT molecular complexity index is 692. The van der Waals surface area contributed by atoms with Gasteiger partial charge in [0.15, 0.2) is 0 Å². The van der Waals surface area contributed by atoms with Crippen LogP contribution in [0.3, 0.4) is 0 Å². The quantitative estimate of drug-likeness (QED) is 0.682. The minimum absolute atomic E-state index is 0.178.